The lowest BCUT2D eigenvalue weighted by Crippen LogP contribution is -2.06. The molecule has 0 aromatic carbocycles. The highest BCUT2D eigenvalue weighted by Gasteiger charge is 2.05. The monoisotopic (exact) mass is 238 g/mol. The molecule has 0 aliphatic rings. The first-order chi connectivity index (χ1) is 5.18. The van der Waals surface area contributed by atoms with Crippen molar-refractivity contribution in [1.82, 2.24) is 0 Å². The van der Waals surface area contributed by atoms with Gasteiger partial charge in [-0.3, -0.25) is 0 Å². The second-order valence-corrected chi connectivity index (χ2v) is 5.49. The van der Waals surface area contributed by atoms with Crippen LogP contribution in [0, 0.1) is 5.92 Å². The van der Waals surface area contributed by atoms with E-state index in [9.17, 15) is 0 Å². The summed E-state index contributed by atoms with van der Waals surface area (Å²) in [6, 6.07) is 0. The third-order valence-corrected chi connectivity index (χ3v) is 4.00. The van der Waals surface area contributed by atoms with E-state index in [4.69, 9.17) is 0 Å². The number of hydrogen-bond donors (Lipinski definition) is 0. The standard InChI is InChI=1S/C9H19BrS/c1-8(2)9(3)11-7-5-4-6-10/h8-9H,4-7H2,1-3H3. The Morgan fingerprint density at radius 3 is 2.27 bits per heavy atom. The topological polar surface area (TPSA) is 0 Å². The zero-order chi connectivity index (χ0) is 8.69. The highest BCUT2D eigenvalue weighted by atomic mass is 79.9. The highest BCUT2D eigenvalue weighted by molar-refractivity contribution is 9.09. The Bertz CT molecular complexity index is 83.6. The molecule has 0 spiro atoms. The van der Waals surface area contributed by atoms with Crippen LogP contribution in [0.2, 0.25) is 0 Å². The van der Waals surface area contributed by atoms with Crippen LogP contribution in [-0.2, 0) is 0 Å². The summed E-state index contributed by atoms with van der Waals surface area (Å²) in [4.78, 5) is 0. The Morgan fingerprint density at radius 1 is 1.18 bits per heavy atom. The molecule has 0 aliphatic carbocycles. The predicted molar refractivity (Wildman–Crippen MR) is 59.8 cm³/mol. The Hall–Kier alpha value is 0.830. The van der Waals surface area contributed by atoms with Crippen LogP contribution < -0.4 is 0 Å². The van der Waals surface area contributed by atoms with Crippen LogP contribution in [0.3, 0.4) is 0 Å². The maximum atomic E-state index is 3.44. The van der Waals surface area contributed by atoms with Gasteiger partial charge in [-0.05, 0) is 24.5 Å². The third-order valence-electron chi connectivity index (χ3n) is 1.85. The quantitative estimate of drug-likeness (QED) is 0.499. The second-order valence-electron chi connectivity index (χ2n) is 3.22. The van der Waals surface area contributed by atoms with Crippen molar-refractivity contribution in [2.75, 3.05) is 11.1 Å². The summed E-state index contributed by atoms with van der Waals surface area (Å²) in [6.07, 6.45) is 2.67. The summed E-state index contributed by atoms with van der Waals surface area (Å²) >= 11 is 5.54. The van der Waals surface area contributed by atoms with Gasteiger partial charge < -0.3 is 0 Å². The lowest BCUT2D eigenvalue weighted by Gasteiger charge is -2.14. The van der Waals surface area contributed by atoms with Crippen molar-refractivity contribution in [3.05, 3.63) is 0 Å². The summed E-state index contributed by atoms with van der Waals surface area (Å²) in [7, 11) is 0. The molecule has 0 rings (SSSR count). The fourth-order valence-electron chi connectivity index (χ4n) is 0.658. The Kier molecular flexibility index (Phi) is 8.04. The van der Waals surface area contributed by atoms with Gasteiger partial charge in [0.1, 0.15) is 0 Å². The van der Waals surface area contributed by atoms with Gasteiger partial charge in [0.2, 0.25) is 0 Å². The van der Waals surface area contributed by atoms with Crippen LogP contribution in [-0.4, -0.2) is 16.3 Å². The van der Waals surface area contributed by atoms with E-state index >= 15 is 0 Å². The molecule has 0 bridgehead atoms. The van der Waals surface area contributed by atoms with E-state index < -0.39 is 0 Å². The SMILES string of the molecule is CC(C)C(C)SCCCCBr. The van der Waals surface area contributed by atoms with Crippen LogP contribution >= 0.6 is 27.7 Å². The molecular formula is C9H19BrS. The molecule has 2 heteroatoms. The van der Waals surface area contributed by atoms with Gasteiger partial charge in [0, 0.05) is 10.6 Å². The Labute approximate surface area is 83.6 Å². The minimum Gasteiger partial charge on any atom is -0.159 e. The van der Waals surface area contributed by atoms with E-state index in [0.29, 0.717) is 0 Å². The summed E-state index contributed by atoms with van der Waals surface area (Å²) in [6.45, 7) is 6.91. The van der Waals surface area contributed by atoms with E-state index in [1.165, 1.54) is 18.6 Å². The molecule has 1 atom stereocenters. The smallest absolute Gasteiger partial charge is 0.00417 e. The lowest BCUT2D eigenvalue weighted by molar-refractivity contribution is 0.641. The van der Waals surface area contributed by atoms with Crippen molar-refractivity contribution in [2.45, 2.75) is 38.9 Å². The average Bonchev–Trinajstić information content (AvgIpc) is 1.97. The molecule has 68 valence electrons. The van der Waals surface area contributed by atoms with Crippen LogP contribution in [0.1, 0.15) is 33.6 Å². The first kappa shape index (κ1) is 11.8. The van der Waals surface area contributed by atoms with E-state index in [1.54, 1.807) is 0 Å². The van der Waals surface area contributed by atoms with Crippen LogP contribution in [0.15, 0.2) is 0 Å². The molecule has 11 heavy (non-hydrogen) atoms. The third kappa shape index (κ3) is 7.20. The zero-order valence-corrected chi connectivity index (χ0v) is 10.2. The van der Waals surface area contributed by atoms with Crippen molar-refractivity contribution in [2.24, 2.45) is 5.92 Å². The molecule has 0 nitrogen and oxygen atoms in total. The minimum absolute atomic E-state index is 0.823. The van der Waals surface area contributed by atoms with Gasteiger partial charge in [-0.25, -0.2) is 0 Å². The summed E-state index contributed by atoms with van der Waals surface area (Å²) in [5.74, 6) is 2.15. The van der Waals surface area contributed by atoms with E-state index in [0.717, 1.165) is 16.5 Å². The number of halogens is 1. The molecule has 0 N–H and O–H groups in total. The van der Waals surface area contributed by atoms with Crippen LogP contribution in [0.5, 0.6) is 0 Å². The molecule has 0 saturated carbocycles. The largest absolute Gasteiger partial charge is 0.159 e. The number of rotatable bonds is 6. The first-order valence-corrected chi connectivity index (χ1v) is 6.53. The molecule has 0 aliphatic heterocycles. The molecule has 0 heterocycles. The van der Waals surface area contributed by atoms with Gasteiger partial charge in [0.25, 0.3) is 0 Å². The molecule has 0 radical (unpaired) electrons. The minimum atomic E-state index is 0.823. The number of hydrogen-bond acceptors (Lipinski definition) is 1. The summed E-state index contributed by atoms with van der Waals surface area (Å²) in [5, 5.41) is 1.98. The Morgan fingerprint density at radius 2 is 1.82 bits per heavy atom. The molecule has 0 fully saturated rings. The highest BCUT2D eigenvalue weighted by Crippen LogP contribution is 2.19. The van der Waals surface area contributed by atoms with Gasteiger partial charge in [-0.1, -0.05) is 36.7 Å². The molecule has 0 saturated heterocycles. The van der Waals surface area contributed by atoms with Gasteiger partial charge in [-0.2, -0.15) is 11.8 Å². The van der Waals surface area contributed by atoms with Gasteiger partial charge >= 0.3 is 0 Å². The predicted octanol–water partition coefficient (Wildman–Crippen LogP) is 3.94. The second kappa shape index (κ2) is 7.48. The van der Waals surface area contributed by atoms with Crippen molar-refractivity contribution in [3.8, 4) is 0 Å². The van der Waals surface area contributed by atoms with Crippen molar-refractivity contribution in [1.29, 1.82) is 0 Å². The zero-order valence-electron chi connectivity index (χ0n) is 7.77. The van der Waals surface area contributed by atoms with E-state index in [-0.39, 0.29) is 0 Å². The molecule has 0 amide bonds. The van der Waals surface area contributed by atoms with Crippen LogP contribution in [0.4, 0.5) is 0 Å². The van der Waals surface area contributed by atoms with Crippen molar-refractivity contribution < 1.29 is 0 Å². The maximum absolute atomic E-state index is 3.44. The van der Waals surface area contributed by atoms with Gasteiger partial charge in [-0.15, -0.1) is 0 Å². The summed E-state index contributed by atoms with van der Waals surface area (Å²) in [5.41, 5.74) is 0. The van der Waals surface area contributed by atoms with Crippen molar-refractivity contribution in [3.63, 3.8) is 0 Å². The lowest BCUT2D eigenvalue weighted by atomic mass is 10.2. The number of thioether (sulfide) groups is 1. The average molecular weight is 239 g/mol. The first-order valence-electron chi connectivity index (χ1n) is 4.36. The molecular weight excluding hydrogens is 220 g/mol. The Balaban J connectivity index is 3.10. The molecule has 0 aromatic heterocycles. The molecule has 1 unspecified atom stereocenters. The maximum Gasteiger partial charge on any atom is 0.00417 e. The van der Waals surface area contributed by atoms with Gasteiger partial charge in [0.05, 0.1) is 0 Å². The van der Waals surface area contributed by atoms with Crippen LogP contribution in [0.25, 0.3) is 0 Å². The van der Waals surface area contributed by atoms with E-state index in [2.05, 4.69) is 48.5 Å². The fraction of sp³-hybridized carbons (Fsp3) is 1.00. The normalized spacial score (nSPS) is 13.9. The van der Waals surface area contributed by atoms with Crippen molar-refractivity contribution >= 4 is 27.7 Å². The van der Waals surface area contributed by atoms with Gasteiger partial charge in [0.15, 0.2) is 0 Å². The number of unbranched alkanes of at least 4 members (excludes halogenated alkanes) is 1. The van der Waals surface area contributed by atoms with E-state index in [1.807, 2.05) is 0 Å². The summed E-state index contributed by atoms with van der Waals surface area (Å²) < 4.78 is 0. The molecule has 0 aromatic rings. The fourth-order valence-corrected chi connectivity index (χ4v) is 2.18. The number of alkyl halides is 1.